The molecule has 2 aromatic rings. The molecule has 0 amide bonds. The topological polar surface area (TPSA) is 50.3 Å². The molecule has 0 aliphatic heterocycles. The summed E-state index contributed by atoms with van der Waals surface area (Å²) in [5, 5.41) is 0. The van der Waals surface area contributed by atoms with Gasteiger partial charge in [0.2, 0.25) is 0 Å². The number of sulfonamides is 1. The zero-order chi connectivity index (χ0) is 13.9. The molecule has 19 heavy (non-hydrogen) atoms. The van der Waals surface area contributed by atoms with Crippen molar-refractivity contribution in [2.75, 3.05) is 13.6 Å². The van der Waals surface area contributed by atoms with Gasteiger partial charge in [0.1, 0.15) is 4.21 Å². The minimum absolute atomic E-state index is 0.358. The van der Waals surface area contributed by atoms with E-state index in [1.54, 1.807) is 31.6 Å². The van der Waals surface area contributed by atoms with E-state index in [2.05, 4.69) is 20.9 Å². The molecule has 2 rings (SSSR count). The highest BCUT2D eigenvalue weighted by atomic mass is 79.9. The van der Waals surface area contributed by atoms with E-state index in [4.69, 9.17) is 0 Å². The zero-order valence-corrected chi connectivity index (χ0v) is 13.5. The van der Waals surface area contributed by atoms with Gasteiger partial charge in [0, 0.05) is 26.0 Å². The summed E-state index contributed by atoms with van der Waals surface area (Å²) >= 11 is 4.50. The summed E-state index contributed by atoms with van der Waals surface area (Å²) < 4.78 is 27.1. The van der Waals surface area contributed by atoms with Crippen molar-refractivity contribution in [2.45, 2.75) is 10.6 Å². The van der Waals surface area contributed by atoms with Gasteiger partial charge >= 0.3 is 0 Å². The molecule has 0 fully saturated rings. The van der Waals surface area contributed by atoms with E-state index in [-0.39, 0.29) is 0 Å². The van der Waals surface area contributed by atoms with Gasteiger partial charge in [-0.05, 0) is 52.2 Å². The fourth-order valence-corrected chi connectivity index (χ4v) is 4.94. The van der Waals surface area contributed by atoms with Crippen molar-refractivity contribution in [1.29, 1.82) is 0 Å². The van der Waals surface area contributed by atoms with Crippen molar-refractivity contribution in [3.05, 3.63) is 46.0 Å². The molecule has 0 saturated carbocycles. The molecule has 102 valence electrons. The maximum Gasteiger partial charge on any atom is 0.252 e. The second-order valence-corrected chi connectivity index (χ2v) is 8.73. The van der Waals surface area contributed by atoms with Gasteiger partial charge in [-0.3, -0.25) is 4.98 Å². The van der Waals surface area contributed by atoms with Crippen LogP contribution in [0.5, 0.6) is 0 Å². The van der Waals surface area contributed by atoms with Gasteiger partial charge < -0.3 is 0 Å². The van der Waals surface area contributed by atoms with Crippen LogP contribution >= 0.6 is 27.3 Å². The lowest BCUT2D eigenvalue weighted by Gasteiger charge is -2.15. The standard InChI is InChI=1S/C12H13BrN2O2S2/c1-15(9-6-10-4-7-14-8-5-10)19(16,17)12-3-2-11(13)18-12/h2-5,7-8H,6,9H2,1H3. The van der Waals surface area contributed by atoms with Crippen LogP contribution in [-0.4, -0.2) is 31.3 Å². The number of halogens is 1. The number of hydrogen-bond acceptors (Lipinski definition) is 4. The van der Waals surface area contributed by atoms with Gasteiger partial charge in [-0.25, -0.2) is 8.42 Å². The molecule has 4 nitrogen and oxygen atoms in total. The van der Waals surface area contributed by atoms with Crippen LogP contribution in [0.4, 0.5) is 0 Å². The van der Waals surface area contributed by atoms with Crippen molar-refractivity contribution < 1.29 is 8.42 Å². The Balaban J connectivity index is 2.05. The number of aromatic nitrogens is 1. The number of likely N-dealkylation sites (N-methyl/N-ethyl adjacent to an activating group) is 1. The third kappa shape index (κ3) is 3.62. The number of nitrogens with zero attached hydrogens (tertiary/aromatic N) is 2. The lowest BCUT2D eigenvalue weighted by Crippen LogP contribution is -2.28. The van der Waals surface area contributed by atoms with Gasteiger partial charge in [0.15, 0.2) is 0 Å². The number of thiophene rings is 1. The Morgan fingerprint density at radius 3 is 2.53 bits per heavy atom. The molecule has 0 radical (unpaired) electrons. The first-order chi connectivity index (χ1) is 9.00. The number of hydrogen-bond donors (Lipinski definition) is 0. The molecule has 0 spiro atoms. The quantitative estimate of drug-likeness (QED) is 0.823. The minimum Gasteiger partial charge on any atom is -0.265 e. The van der Waals surface area contributed by atoms with Crippen molar-refractivity contribution >= 4 is 37.3 Å². The normalized spacial score (nSPS) is 11.9. The smallest absolute Gasteiger partial charge is 0.252 e. The Hall–Kier alpha value is -0.760. The summed E-state index contributed by atoms with van der Waals surface area (Å²) in [6, 6.07) is 7.14. The monoisotopic (exact) mass is 360 g/mol. The molecular weight excluding hydrogens is 348 g/mol. The van der Waals surface area contributed by atoms with Crippen molar-refractivity contribution in [2.24, 2.45) is 0 Å². The van der Waals surface area contributed by atoms with E-state index >= 15 is 0 Å². The highest BCUT2D eigenvalue weighted by Crippen LogP contribution is 2.27. The molecule has 0 bridgehead atoms. The van der Waals surface area contributed by atoms with E-state index in [0.29, 0.717) is 17.2 Å². The lowest BCUT2D eigenvalue weighted by molar-refractivity contribution is 0.474. The maximum atomic E-state index is 12.3. The number of pyridine rings is 1. The Morgan fingerprint density at radius 1 is 1.26 bits per heavy atom. The van der Waals surface area contributed by atoms with Crippen molar-refractivity contribution in [1.82, 2.24) is 9.29 Å². The summed E-state index contributed by atoms with van der Waals surface area (Å²) in [6.45, 7) is 0.446. The Bertz CT molecular complexity index is 641. The molecule has 0 aliphatic rings. The molecule has 7 heteroatoms. The van der Waals surface area contributed by atoms with Crippen LogP contribution in [0, 0.1) is 0 Å². The Labute approximate surface area is 125 Å². The molecule has 2 heterocycles. The van der Waals surface area contributed by atoms with Gasteiger partial charge in [0.25, 0.3) is 10.0 Å². The van der Waals surface area contributed by atoms with E-state index < -0.39 is 10.0 Å². The average molecular weight is 361 g/mol. The van der Waals surface area contributed by atoms with Crippen LogP contribution in [0.25, 0.3) is 0 Å². The first-order valence-corrected chi connectivity index (χ1v) is 8.65. The van der Waals surface area contributed by atoms with Crippen molar-refractivity contribution in [3.63, 3.8) is 0 Å². The van der Waals surface area contributed by atoms with E-state index in [9.17, 15) is 8.42 Å². The molecular formula is C12H13BrN2O2S2. The van der Waals surface area contributed by atoms with Crippen LogP contribution in [0.1, 0.15) is 5.56 Å². The van der Waals surface area contributed by atoms with E-state index in [1.807, 2.05) is 12.1 Å². The highest BCUT2D eigenvalue weighted by molar-refractivity contribution is 9.11. The molecule has 0 unspecified atom stereocenters. The zero-order valence-electron chi connectivity index (χ0n) is 10.3. The Kier molecular flexibility index (Phi) is 4.72. The summed E-state index contributed by atoms with van der Waals surface area (Å²) in [5.74, 6) is 0. The summed E-state index contributed by atoms with van der Waals surface area (Å²) in [6.07, 6.45) is 4.09. The molecule has 0 atom stereocenters. The molecule has 2 aromatic heterocycles. The Morgan fingerprint density at radius 2 is 1.95 bits per heavy atom. The van der Waals surface area contributed by atoms with Crippen LogP contribution in [0.15, 0.2) is 44.7 Å². The molecule has 0 saturated heterocycles. The largest absolute Gasteiger partial charge is 0.265 e. The number of rotatable bonds is 5. The third-order valence-corrected chi connectivity index (χ3v) is 6.63. The predicted molar refractivity (Wildman–Crippen MR) is 79.8 cm³/mol. The lowest BCUT2D eigenvalue weighted by atomic mass is 10.2. The molecule has 0 aromatic carbocycles. The van der Waals surface area contributed by atoms with Gasteiger partial charge in [-0.1, -0.05) is 0 Å². The predicted octanol–water partition coefficient (Wildman–Crippen LogP) is 2.77. The van der Waals surface area contributed by atoms with E-state index in [1.165, 1.54) is 15.6 Å². The molecule has 0 aliphatic carbocycles. The van der Waals surface area contributed by atoms with Gasteiger partial charge in [-0.2, -0.15) is 4.31 Å². The summed E-state index contributed by atoms with van der Waals surface area (Å²) in [7, 11) is -1.78. The minimum atomic E-state index is -3.38. The molecule has 0 N–H and O–H groups in total. The fraction of sp³-hybridized carbons (Fsp3) is 0.250. The van der Waals surface area contributed by atoms with Crippen LogP contribution in [-0.2, 0) is 16.4 Å². The highest BCUT2D eigenvalue weighted by Gasteiger charge is 2.22. The third-order valence-electron chi connectivity index (χ3n) is 2.68. The summed E-state index contributed by atoms with van der Waals surface area (Å²) in [5.41, 5.74) is 1.07. The van der Waals surface area contributed by atoms with Crippen molar-refractivity contribution in [3.8, 4) is 0 Å². The van der Waals surface area contributed by atoms with Crippen LogP contribution < -0.4 is 0 Å². The second kappa shape index (κ2) is 6.13. The van der Waals surface area contributed by atoms with E-state index in [0.717, 1.165) is 9.35 Å². The average Bonchev–Trinajstić information content (AvgIpc) is 2.84. The summed E-state index contributed by atoms with van der Waals surface area (Å²) in [4.78, 5) is 3.94. The van der Waals surface area contributed by atoms with Gasteiger partial charge in [0.05, 0.1) is 3.79 Å². The maximum absolute atomic E-state index is 12.3. The SMILES string of the molecule is CN(CCc1ccncc1)S(=O)(=O)c1ccc(Br)s1. The first kappa shape index (κ1) is 14.6. The van der Waals surface area contributed by atoms with Gasteiger partial charge in [-0.15, -0.1) is 11.3 Å². The van der Waals surface area contributed by atoms with Crippen LogP contribution in [0.2, 0.25) is 0 Å². The first-order valence-electron chi connectivity index (χ1n) is 5.61. The second-order valence-electron chi connectivity index (χ2n) is 3.99. The van der Waals surface area contributed by atoms with Crippen LogP contribution in [0.3, 0.4) is 0 Å². The fourth-order valence-electron chi connectivity index (χ4n) is 1.55.